The van der Waals surface area contributed by atoms with E-state index in [1.165, 1.54) is 7.11 Å². The molecule has 0 bridgehead atoms. The molecule has 0 radical (unpaired) electrons. The molecule has 0 amide bonds. The Morgan fingerprint density at radius 3 is 2.10 bits per heavy atom. The molecule has 0 fully saturated rings. The molecule has 2 rings (SSSR count). The van der Waals surface area contributed by atoms with E-state index >= 15 is 0 Å². The zero-order valence-corrected chi connectivity index (χ0v) is 11.5. The van der Waals surface area contributed by atoms with Gasteiger partial charge in [-0.1, -0.05) is 18.2 Å². The molecule has 0 aliphatic rings. The summed E-state index contributed by atoms with van der Waals surface area (Å²) in [7, 11) is 1.19. The van der Waals surface area contributed by atoms with E-state index in [9.17, 15) is 9.59 Å². The standard InChI is InChI=1S/C16H15NO4/c1-20-16(19)14(17)15(18)11-7-9-13(10-8-11)21-12-5-3-2-4-6-12/h2-10,14H,17H2,1H3. The van der Waals surface area contributed by atoms with E-state index in [2.05, 4.69) is 4.74 Å². The van der Waals surface area contributed by atoms with Crippen molar-refractivity contribution < 1.29 is 19.1 Å². The highest BCUT2D eigenvalue weighted by Crippen LogP contribution is 2.21. The quantitative estimate of drug-likeness (QED) is 0.517. The van der Waals surface area contributed by atoms with Crippen molar-refractivity contribution in [2.75, 3.05) is 7.11 Å². The van der Waals surface area contributed by atoms with E-state index in [4.69, 9.17) is 10.5 Å². The summed E-state index contributed by atoms with van der Waals surface area (Å²) >= 11 is 0. The highest BCUT2D eigenvalue weighted by Gasteiger charge is 2.23. The van der Waals surface area contributed by atoms with Crippen LogP contribution in [0.15, 0.2) is 54.6 Å². The largest absolute Gasteiger partial charge is 0.468 e. The minimum atomic E-state index is -1.31. The van der Waals surface area contributed by atoms with Crippen LogP contribution in [0.3, 0.4) is 0 Å². The second kappa shape index (κ2) is 6.67. The van der Waals surface area contributed by atoms with Crippen molar-refractivity contribution in [1.82, 2.24) is 0 Å². The zero-order chi connectivity index (χ0) is 15.2. The number of methoxy groups -OCH3 is 1. The minimum Gasteiger partial charge on any atom is -0.468 e. The van der Waals surface area contributed by atoms with Gasteiger partial charge in [-0.3, -0.25) is 4.79 Å². The van der Waals surface area contributed by atoms with Gasteiger partial charge in [0.05, 0.1) is 7.11 Å². The normalized spacial score (nSPS) is 11.5. The first-order valence-electron chi connectivity index (χ1n) is 6.32. The molecule has 0 heterocycles. The number of esters is 1. The Labute approximate surface area is 122 Å². The van der Waals surface area contributed by atoms with Crippen LogP contribution in [0.5, 0.6) is 11.5 Å². The third kappa shape index (κ3) is 3.67. The Bertz CT molecular complexity index is 622. The van der Waals surface area contributed by atoms with Crippen molar-refractivity contribution in [2.45, 2.75) is 6.04 Å². The lowest BCUT2D eigenvalue weighted by molar-refractivity contribution is -0.140. The molecule has 5 nitrogen and oxygen atoms in total. The van der Waals surface area contributed by atoms with Crippen LogP contribution in [0.2, 0.25) is 0 Å². The SMILES string of the molecule is COC(=O)C(N)C(=O)c1ccc(Oc2ccccc2)cc1. The third-order valence-electron chi connectivity index (χ3n) is 2.86. The lowest BCUT2D eigenvalue weighted by atomic mass is 10.1. The molecule has 0 aromatic heterocycles. The average molecular weight is 285 g/mol. The summed E-state index contributed by atoms with van der Waals surface area (Å²) in [5.41, 5.74) is 5.84. The van der Waals surface area contributed by atoms with Gasteiger partial charge in [-0.05, 0) is 36.4 Å². The summed E-state index contributed by atoms with van der Waals surface area (Å²) in [6, 6.07) is 14.4. The molecule has 2 aromatic rings. The van der Waals surface area contributed by atoms with Crippen LogP contribution < -0.4 is 10.5 Å². The maximum Gasteiger partial charge on any atom is 0.330 e. The number of carbonyl (C=O) groups is 2. The molecule has 0 spiro atoms. The van der Waals surface area contributed by atoms with Gasteiger partial charge < -0.3 is 15.2 Å². The molecule has 0 aliphatic heterocycles. The van der Waals surface area contributed by atoms with E-state index in [0.29, 0.717) is 17.1 Å². The lowest BCUT2D eigenvalue weighted by Crippen LogP contribution is -2.39. The van der Waals surface area contributed by atoms with Crippen molar-refractivity contribution in [3.05, 3.63) is 60.2 Å². The first-order valence-corrected chi connectivity index (χ1v) is 6.32. The Morgan fingerprint density at radius 2 is 1.52 bits per heavy atom. The first kappa shape index (κ1) is 14.7. The van der Waals surface area contributed by atoms with Crippen molar-refractivity contribution in [1.29, 1.82) is 0 Å². The van der Waals surface area contributed by atoms with Crippen molar-refractivity contribution in [3.63, 3.8) is 0 Å². The predicted molar refractivity (Wildman–Crippen MR) is 77.3 cm³/mol. The van der Waals surface area contributed by atoms with Crippen LogP contribution >= 0.6 is 0 Å². The summed E-state index contributed by atoms with van der Waals surface area (Å²) in [5, 5.41) is 0. The lowest BCUT2D eigenvalue weighted by Gasteiger charge is -2.09. The van der Waals surface area contributed by atoms with Gasteiger partial charge in [0.2, 0.25) is 0 Å². The van der Waals surface area contributed by atoms with Gasteiger partial charge in [0.1, 0.15) is 11.5 Å². The van der Waals surface area contributed by atoms with Crippen LogP contribution in [0.1, 0.15) is 10.4 Å². The minimum absolute atomic E-state index is 0.327. The number of benzene rings is 2. The number of Topliss-reactive ketones (excluding diaryl/α,β-unsaturated/α-hetero) is 1. The number of para-hydroxylation sites is 1. The Balaban J connectivity index is 2.08. The smallest absolute Gasteiger partial charge is 0.330 e. The fourth-order valence-corrected chi connectivity index (χ4v) is 1.73. The first-order chi connectivity index (χ1) is 10.1. The molecule has 0 saturated heterocycles. The summed E-state index contributed by atoms with van der Waals surface area (Å²) in [4.78, 5) is 23.2. The average Bonchev–Trinajstić information content (AvgIpc) is 2.54. The molecule has 1 unspecified atom stereocenters. The highest BCUT2D eigenvalue weighted by molar-refractivity contribution is 6.11. The monoisotopic (exact) mass is 285 g/mol. The second-order valence-corrected chi connectivity index (χ2v) is 4.30. The topological polar surface area (TPSA) is 78.6 Å². The molecule has 2 aromatic carbocycles. The van der Waals surface area contributed by atoms with Crippen LogP contribution in [0, 0.1) is 0 Å². The molecule has 2 N–H and O–H groups in total. The van der Waals surface area contributed by atoms with E-state index < -0.39 is 17.8 Å². The number of carbonyl (C=O) groups excluding carboxylic acids is 2. The van der Waals surface area contributed by atoms with Crippen molar-refractivity contribution in [2.24, 2.45) is 5.73 Å². The molecule has 0 saturated carbocycles. The van der Waals surface area contributed by atoms with Gasteiger partial charge in [0, 0.05) is 5.56 Å². The Hall–Kier alpha value is -2.66. The zero-order valence-electron chi connectivity index (χ0n) is 11.5. The Morgan fingerprint density at radius 1 is 0.952 bits per heavy atom. The van der Waals surface area contributed by atoms with Gasteiger partial charge in [-0.15, -0.1) is 0 Å². The molecule has 108 valence electrons. The number of ether oxygens (including phenoxy) is 2. The molecule has 5 heteroatoms. The third-order valence-corrected chi connectivity index (χ3v) is 2.86. The summed E-state index contributed by atoms with van der Waals surface area (Å²) in [5.74, 6) is 0.0324. The summed E-state index contributed by atoms with van der Waals surface area (Å²) in [6.45, 7) is 0. The van der Waals surface area contributed by atoms with Gasteiger partial charge in [-0.25, -0.2) is 4.79 Å². The maximum atomic E-state index is 11.9. The summed E-state index contributed by atoms with van der Waals surface area (Å²) < 4.78 is 10.1. The van der Waals surface area contributed by atoms with E-state index in [1.807, 2.05) is 30.3 Å². The van der Waals surface area contributed by atoms with Gasteiger partial charge in [0.25, 0.3) is 0 Å². The van der Waals surface area contributed by atoms with E-state index in [-0.39, 0.29) is 0 Å². The number of rotatable bonds is 5. The van der Waals surface area contributed by atoms with E-state index in [0.717, 1.165) is 0 Å². The van der Waals surface area contributed by atoms with Gasteiger partial charge in [0.15, 0.2) is 11.8 Å². The van der Waals surface area contributed by atoms with E-state index in [1.54, 1.807) is 24.3 Å². The van der Waals surface area contributed by atoms with Crippen LogP contribution in [0.25, 0.3) is 0 Å². The van der Waals surface area contributed by atoms with Crippen molar-refractivity contribution >= 4 is 11.8 Å². The fourth-order valence-electron chi connectivity index (χ4n) is 1.73. The van der Waals surface area contributed by atoms with Gasteiger partial charge >= 0.3 is 5.97 Å². The molecule has 21 heavy (non-hydrogen) atoms. The molecular weight excluding hydrogens is 270 g/mol. The predicted octanol–water partition coefficient (Wildman–Crippen LogP) is 2.16. The number of nitrogens with two attached hydrogens (primary N) is 1. The molecule has 0 aliphatic carbocycles. The fraction of sp³-hybridized carbons (Fsp3) is 0.125. The number of hydrogen-bond acceptors (Lipinski definition) is 5. The van der Waals surface area contributed by atoms with Crippen LogP contribution in [-0.4, -0.2) is 24.9 Å². The number of hydrogen-bond donors (Lipinski definition) is 1. The molecular formula is C16H15NO4. The van der Waals surface area contributed by atoms with Crippen LogP contribution in [0.4, 0.5) is 0 Å². The summed E-state index contributed by atoms with van der Waals surface area (Å²) in [6.07, 6.45) is 0. The van der Waals surface area contributed by atoms with Gasteiger partial charge in [-0.2, -0.15) is 0 Å². The van der Waals surface area contributed by atoms with Crippen LogP contribution in [-0.2, 0) is 9.53 Å². The Kier molecular flexibility index (Phi) is 4.68. The highest BCUT2D eigenvalue weighted by atomic mass is 16.5. The van der Waals surface area contributed by atoms with Crippen molar-refractivity contribution in [3.8, 4) is 11.5 Å². The maximum absolute atomic E-state index is 11.9. The number of ketones is 1. The second-order valence-electron chi connectivity index (χ2n) is 4.30. The molecule has 1 atom stereocenters.